The van der Waals surface area contributed by atoms with Crippen LogP contribution >= 0.6 is 0 Å². The van der Waals surface area contributed by atoms with Gasteiger partial charge in [0.1, 0.15) is 0 Å². The van der Waals surface area contributed by atoms with Crippen molar-refractivity contribution in [1.29, 1.82) is 0 Å². The summed E-state index contributed by atoms with van der Waals surface area (Å²) in [7, 11) is 0. The molecule has 152 valence electrons. The van der Waals surface area contributed by atoms with Gasteiger partial charge in [-0.25, -0.2) is 0 Å². The molecule has 1 aromatic carbocycles. The zero-order valence-electron chi connectivity index (χ0n) is 16.5. The summed E-state index contributed by atoms with van der Waals surface area (Å²) in [6.07, 6.45) is 4.87. The van der Waals surface area contributed by atoms with Gasteiger partial charge in [0, 0.05) is 19.6 Å². The van der Waals surface area contributed by atoms with Crippen LogP contribution < -0.4 is 5.32 Å². The van der Waals surface area contributed by atoms with Gasteiger partial charge in [-0.3, -0.25) is 14.5 Å². The third kappa shape index (κ3) is 3.94. The van der Waals surface area contributed by atoms with E-state index in [2.05, 4.69) is 10.2 Å². The predicted octanol–water partition coefficient (Wildman–Crippen LogP) is 1.70. The van der Waals surface area contributed by atoms with E-state index in [0.29, 0.717) is 19.5 Å². The maximum Gasteiger partial charge on any atom is 0.236 e. The van der Waals surface area contributed by atoms with Crippen molar-refractivity contribution in [1.82, 2.24) is 15.1 Å². The molecule has 3 aliphatic rings. The molecule has 6 heteroatoms. The summed E-state index contributed by atoms with van der Waals surface area (Å²) in [4.78, 5) is 29.8. The Morgan fingerprint density at radius 3 is 2.61 bits per heavy atom. The molecular weight excluding hydrogens is 354 g/mol. The SMILES string of the molecule is O=C(CN1CCC[C@@]2(C[C@@H](O)[C@H](c3ccccc3)NC2=O)C1)N1CCCCC1. The van der Waals surface area contributed by atoms with Crippen molar-refractivity contribution >= 4 is 11.8 Å². The van der Waals surface area contributed by atoms with Crippen molar-refractivity contribution < 1.29 is 14.7 Å². The van der Waals surface area contributed by atoms with Crippen LogP contribution in [0.3, 0.4) is 0 Å². The van der Waals surface area contributed by atoms with Crippen LogP contribution in [0, 0.1) is 5.41 Å². The number of carbonyl (C=O) groups excluding carboxylic acids is 2. The van der Waals surface area contributed by atoms with Gasteiger partial charge in [-0.15, -0.1) is 0 Å². The first-order valence-corrected chi connectivity index (χ1v) is 10.6. The molecule has 0 saturated carbocycles. The summed E-state index contributed by atoms with van der Waals surface area (Å²) in [5.74, 6) is 0.192. The third-order valence-electron chi connectivity index (χ3n) is 6.64. The Kier molecular flexibility index (Phi) is 5.69. The predicted molar refractivity (Wildman–Crippen MR) is 106 cm³/mol. The Morgan fingerprint density at radius 1 is 1.11 bits per heavy atom. The number of nitrogens with zero attached hydrogens (tertiary/aromatic N) is 2. The van der Waals surface area contributed by atoms with Crippen molar-refractivity contribution in [3.63, 3.8) is 0 Å². The van der Waals surface area contributed by atoms with Crippen LogP contribution in [0.4, 0.5) is 0 Å². The second kappa shape index (κ2) is 8.21. The number of hydrogen-bond acceptors (Lipinski definition) is 4. The monoisotopic (exact) mass is 385 g/mol. The lowest BCUT2D eigenvalue weighted by molar-refractivity contribution is -0.147. The fourth-order valence-corrected chi connectivity index (χ4v) is 5.12. The van der Waals surface area contributed by atoms with Gasteiger partial charge in [0.25, 0.3) is 0 Å². The molecule has 0 radical (unpaired) electrons. The summed E-state index contributed by atoms with van der Waals surface area (Å²) in [6.45, 7) is 3.49. The van der Waals surface area contributed by atoms with Crippen molar-refractivity contribution in [2.45, 2.75) is 50.7 Å². The molecule has 0 bridgehead atoms. The summed E-state index contributed by atoms with van der Waals surface area (Å²) >= 11 is 0. The summed E-state index contributed by atoms with van der Waals surface area (Å²) < 4.78 is 0. The number of hydrogen-bond donors (Lipinski definition) is 2. The maximum atomic E-state index is 13.1. The molecular formula is C22H31N3O3. The van der Waals surface area contributed by atoms with Crippen molar-refractivity contribution in [2.24, 2.45) is 5.41 Å². The van der Waals surface area contributed by atoms with Crippen LogP contribution in [0.25, 0.3) is 0 Å². The van der Waals surface area contributed by atoms with E-state index >= 15 is 0 Å². The molecule has 6 nitrogen and oxygen atoms in total. The number of likely N-dealkylation sites (tertiary alicyclic amines) is 2. The van der Waals surface area contributed by atoms with Crippen molar-refractivity contribution in [2.75, 3.05) is 32.7 Å². The highest BCUT2D eigenvalue weighted by Crippen LogP contribution is 2.41. The Bertz CT molecular complexity index is 704. The van der Waals surface area contributed by atoms with Gasteiger partial charge in [-0.2, -0.15) is 0 Å². The van der Waals surface area contributed by atoms with E-state index < -0.39 is 11.5 Å². The lowest BCUT2D eigenvalue weighted by Gasteiger charge is -2.47. The molecule has 3 fully saturated rings. The van der Waals surface area contributed by atoms with Gasteiger partial charge >= 0.3 is 0 Å². The summed E-state index contributed by atoms with van der Waals surface area (Å²) in [5, 5.41) is 13.9. The van der Waals surface area contributed by atoms with Crippen LogP contribution in [-0.4, -0.2) is 65.5 Å². The molecule has 0 unspecified atom stereocenters. The summed E-state index contributed by atoms with van der Waals surface area (Å²) in [6, 6.07) is 9.30. The molecule has 2 amide bonds. The van der Waals surface area contributed by atoms with Crippen molar-refractivity contribution in [3.8, 4) is 0 Å². The van der Waals surface area contributed by atoms with Gasteiger partial charge in [-0.1, -0.05) is 30.3 Å². The van der Waals surface area contributed by atoms with Gasteiger partial charge in [0.15, 0.2) is 0 Å². The number of nitrogens with one attached hydrogen (secondary N) is 1. The van der Waals surface area contributed by atoms with Gasteiger partial charge in [-0.05, 0) is 50.6 Å². The largest absolute Gasteiger partial charge is 0.391 e. The summed E-state index contributed by atoms with van der Waals surface area (Å²) in [5.41, 5.74) is 0.344. The second-order valence-corrected chi connectivity index (χ2v) is 8.67. The van der Waals surface area contributed by atoms with E-state index in [9.17, 15) is 14.7 Å². The van der Waals surface area contributed by atoms with Crippen LogP contribution in [0.2, 0.25) is 0 Å². The van der Waals surface area contributed by atoms with Crippen LogP contribution in [0.5, 0.6) is 0 Å². The van der Waals surface area contributed by atoms with Crippen molar-refractivity contribution in [3.05, 3.63) is 35.9 Å². The first-order chi connectivity index (χ1) is 13.6. The lowest BCUT2D eigenvalue weighted by Crippen LogP contribution is -2.60. The normalized spacial score (nSPS) is 31.6. The van der Waals surface area contributed by atoms with Crippen LogP contribution in [-0.2, 0) is 9.59 Å². The molecule has 0 aliphatic carbocycles. The first kappa shape index (κ1) is 19.4. The standard InChI is InChI=1S/C22H31N3O3/c26-18-14-22(21(28)23-20(18)17-8-3-1-4-9-17)10-7-11-24(16-22)15-19(27)25-12-5-2-6-13-25/h1,3-4,8-9,18,20,26H,2,5-7,10-16H2,(H,23,28)/t18-,20+,22-/m1/s1. The molecule has 3 atom stereocenters. The molecule has 1 aromatic rings. The first-order valence-electron chi connectivity index (χ1n) is 10.6. The van der Waals surface area contributed by atoms with Gasteiger partial charge in [0.05, 0.1) is 24.1 Å². The third-order valence-corrected chi connectivity index (χ3v) is 6.64. The highest BCUT2D eigenvalue weighted by Gasteiger charge is 2.49. The molecule has 2 N–H and O–H groups in total. The Hall–Kier alpha value is -1.92. The topological polar surface area (TPSA) is 72.9 Å². The highest BCUT2D eigenvalue weighted by atomic mass is 16.3. The molecule has 28 heavy (non-hydrogen) atoms. The number of aliphatic hydroxyl groups excluding tert-OH is 1. The Morgan fingerprint density at radius 2 is 1.86 bits per heavy atom. The molecule has 1 spiro atoms. The minimum Gasteiger partial charge on any atom is -0.391 e. The van der Waals surface area contributed by atoms with E-state index in [1.807, 2.05) is 35.2 Å². The van der Waals surface area contributed by atoms with Gasteiger partial charge in [0.2, 0.25) is 11.8 Å². The minimum atomic E-state index is -0.613. The minimum absolute atomic E-state index is 0.0155. The van der Waals surface area contributed by atoms with E-state index in [1.165, 1.54) is 6.42 Å². The number of benzene rings is 1. The van der Waals surface area contributed by atoms with E-state index in [4.69, 9.17) is 0 Å². The maximum absolute atomic E-state index is 13.1. The average molecular weight is 386 g/mol. The number of aliphatic hydroxyl groups is 1. The quantitative estimate of drug-likeness (QED) is 0.831. The van der Waals surface area contributed by atoms with E-state index in [-0.39, 0.29) is 17.9 Å². The number of amides is 2. The highest BCUT2D eigenvalue weighted by molar-refractivity contribution is 5.85. The number of rotatable bonds is 3. The molecule has 3 heterocycles. The molecule has 3 saturated heterocycles. The molecule has 4 rings (SSSR count). The van der Waals surface area contributed by atoms with Crippen LogP contribution in [0.1, 0.15) is 50.1 Å². The lowest BCUT2D eigenvalue weighted by atomic mass is 9.70. The fourth-order valence-electron chi connectivity index (χ4n) is 5.12. The second-order valence-electron chi connectivity index (χ2n) is 8.67. The van der Waals surface area contributed by atoms with E-state index in [1.54, 1.807) is 0 Å². The molecule has 0 aromatic heterocycles. The zero-order valence-corrected chi connectivity index (χ0v) is 16.5. The average Bonchev–Trinajstić information content (AvgIpc) is 2.72. The number of piperidine rings is 3. The Labute approximate surface area is 166 Å². The van der Waals surface area contributed by atoms with E-state index in [0.717, 1.165) is 50.9 Å². The zero-order chi connectivity index (χ0) is 19.6. The Balaban J connectivity index is 1.41. The molecule has 3 aliphatic heterocycles. The van der Waals surface area contributed by atoms with Gasteiger partial charge < -0.3 is 15.3 Å². The smallest absolute Gasteiger partial charge is 0.236 e. The fraction of sp³-hybridized carbons (Fsp3) is 0.636. The van der Waals surface area contributed by atoms with Crippen LogP contribution in [0.15, 0.2) is 30.3 Å². The number of carbonyl (C=O) groups is 2.